The largest absolute Gasteiger partial charge is 0.493 e. The first-order valence-corrected chi connectivity index (χ1v) is 9.10. The van der Waals surface area contributed by atoms with Crippen molar-refractivity contribution in [2.75, 3.05) is 32.2 Å². The number of aromatic nitrogens is 2. The molecule has 1 unspecified atom stereocenters. The van der Waals surface area contributed by atoms with Crippen LogP contribution in [0.1, 0.15) is 43.2 Å². The molecule has 2 aliphatic rings. The summed E-state index contributed by atoms with van der Waals surface area (Å²) in [6.07, 6.45) is 3.62. The first kappa shape index (κ1) is 16.5. The van der Waals surface area contributed by atoms with Crippen LogP contribution in [0, 0.1) is 0 Å². The van der Waals surface area contributed by atoms with Gasteiger partial charge >= 0.3 is 0 Å². The molecule has 0 N–H and O–H groups in total. The van der Waals surface area contributed by atoms with Crippen LogP contribution in [-0.4, -0.2) is 37.3 Å². The van der Waals surface area contributed by atoms with E-state index in [2.05, 4.69) is 16.8 Å². The van der Waals surface area contributed by atoms with E-state index in [0.29, 0.717) is 10.9 Å². The Labute approximate surface area is 152 Å². The summed E-state index contributed by atoms with van der Waals surface area (Å²) < 4.78 is 10.9. The Kier molecular flexibility index (Phi) is 4.20. The summed E-state index contributed by atoms with van der Waals surface area (Å²) in [5.41, 5.74) is 4.12. The van der Waals surface area contributed by atoms with Crippen LogP contribution in [0.5, 0.6) is 11.5 Å². The fourth-order valence-corrected chi connectivity index (χ4v) is 4.20. The number of piperidine rings is 1. The zero-order valence-corrected chi connectivity index (χ0v) is 15.6. The number of ether oxygens (including phenoxy) is 2. The maximum absolute atomic E-state index is 6.59. The Bertz CT molecular complexity index is 819. The molecule has 0 saturated carbocycles. The van der Waals surface area contributed by atoms with Gasteiger partial charge in [0, 0.05) is 30.1 Å². The lowest BCUT2D eigenvalue weighted by atomic mass is 10.00. The smallest absolute Gasteiger partial charge is 0.227 e. The minimum absolute atomic E-state index is 0.132. The standard InChI is InChI=1S/C19H22ClN3O2/c1-11-12-9-14(24-2)15(25-3)10-13(12)17-16(11)18(20)22-19(21-17)23-7-5-4-6-8-23/h9-11H,4-8H2,1-3H3. The van der Waals surface area contributed by atoms with Crippen LogP contribution < -0.4 is 14.4 Å². The Morgan fingerprint density at radius 2 is 1.72 bits per heavy atom. The van der Waals surface area contributed by atoms with Crippen LogP contribution in [0.2, 0.25) is 5.15 Å². The maximum Gasteiger partial charge on any atom is 0.227 e. The minimum atomic E-state index is 0.132. The molecule has 1 atom stereocenters. The van der Waals surface area contributed by atoms with Gasteiger partial charge in [0.2, 0.25) is 5.95 Å². The second kappa shape index (κ2) is 6.37. The molecule has 1 aromatic heterocycles. The molecule has 0 bridgehead atoms. The molecule has 25 heavy (non-hydrogen) atoms. The third kappa shape index (κ3) is 2.61. The summed E-state index contributed by atoms with van der Waals surface area (Å²) >= 11 is 6.59. The van der Waals surface area contributed by atoms with Crippen molar-refractivity contribution < 1.29 is 9.47 Å². The van der Waals surface area contributed by atoms with Crippen LogP contribution in [0.25, 0.3) is 11.3 Å². The van der Waals surface area contributed by atoms with E-state index in [1.54, 1.807) is 14.2 Å². The summed E-state index contributed by atoms with van der Waals surface area (Å²) in [7, 11) is 3.30. The highest BCUT2D eigenvalue weighted by molar-refractivity contribution is 6.31. The van der Waals surface area contributed by atoms with E-state index in [4.69, 9.17) is 26.1 Å². The first-order valence-electron chi connectivity index (χ1n) is 8.72. The normalized spacial score (nSPS) is 18.7. The monoisotopic (exact) mass is 359 g/mol. The molecule has 0 amide bonds. The van der Waals surface area contributed by atoms with Crippen LogP contribution in [-0.2, 0) is 0 Å². The number of hydrogen-bond donors (Lipinski definition) is 0. The SMILES string of the molecule is COc1cc2c(cc1OC)C(C)c1c(Cl)nc(N3CCCCC3)nc1-2. The van der Waals surface area contributed by atoms with Gasteiger partial charge < -0.3 is 14.4 Å². The second-order valence-corrected chi connectivity index (χ2v) is 7.00. The summed E-state index contributed by atoms with van der Waals surface area (Å²) in [6, 6.07) is 4.03. The fraction of sp³-hybridized carbons (Fsp3) is 0.474. The number of anilines is 1. The lowest BCUT2D eigenvalue weighted by Crippen LogP contribution is -2.31. The van der Waals surface area contributed by atoms with Crippen molar-refractivity contribution in [3.8, 4) is 22.8 Å². The molecule has 1 aliphatic carbocycles. The van der Waals surface area contributed by atoms with Crippen molar-refractivity contribution in [3.63, 3.8) is 0 Å². The molecule has 2 aromatic rings. The van der Waals surface area contributed by atoms with Crippen molar-refractivity contribution in [2.45, 2.75) is 32.1 Å². The Hall–Kier alpha value is -2.01. The lowest BCUT2D eigenvalue weighted by Gasteiger charge is -2.27. The van der Waals surface area contributed by atoms with Crippen molar-refractivity contribution in [1.29, 1.82) is 0 Å². The Morgan fingerprint density at radius 1 is 1.04 bits per heavy atom. The summed E-state index contributed by atoms with van der Waals surface area (Å²) in [6.45, 7) is 4.11. The quantitative estimate of drug-likeness (QED) is 0.766. The van der Waals surface area contributed by atoms with Crippen LogP contribution >= 0.6 is 11.6 Å². The van der Waals surface area contributed by atoms with Crippen LogP contribution in [0.4, 0.5) is 5.95 Å². The zero-order chi connectivity index (χ0) is 17.6. The van der Waals surface area contributed by atoms with Gasteiger partial charge in [0.05, 0.1) is 19.9 Å². The minimum Gasteiger partial charge on any atom is -0.493 e. The third-order valence-electron chi connectivity index (χ3n) is 5.24. The molecule has 4 rings (SSSR count). The molecule has 2 heterocycles. The maximum atomic E-state index is 6.59. The third-order valence-corrected chi connectivity index (χ3v) is 5.52. The molecule has 132 valence electrons. The number of nitrogens with zero attached hydrogens (tertiary/aromatic N) is 3. The van der Waals surface area contributed by atoms with Gasteiger partial charge in [0.25, 0.3) is 0 Å². The molecule has 1 saturated heterocycles. The number of fused-ring (bicyclic) bond motifs is 3. The van der Waals surface area contributed by atoms with Gasteiger partial charge in [-0.2, -0.15) is 0 Å². The number of hydrogen-bond acceptors (Lipinski definition) is 5. The summed E-state index contributed by atoms with van der Waals surface area (Å²) in [5.74, 6) is 2.29. The summed E-state index contributed by atoms with van der Waals surface area (Å²) in [4.78, 5) is 11.7. The highest BCUT2D eigenvalue weighted by atomic mass is 35.5. The average Bonchev–Trinajstić information content (AvgIpc) is 2.93. The van der Waals surface area contributed by atoms with E-state index in [1.807, 2.05) is 12.1 Å². The number of halogens is 1. The lowest BCUT2D eigenvalue weighted by molar-refractivity contribution is 0.354. The van der Waals surface area contributed by atoms with Gasteiger partial charge in [-0.15, -0.1) is 0 Å². The number of rotatable bonds is 3. The van der Waals surface area contributed by atoms with Gasteiger partial charge in [-0.3, -0.25) is 0 Å². The molecule has 6 heteroatoms. The van der Waals surface area contributed by atoms with Gasteiger partial charge in [-0.05, 0) is 37.0 Å². The van der Waals surface area contributed by atoms with E-state index in [0.717, 1.165) is 47.2 Å². The van der Waals surface area contributed by atoms with Crippen molar-refractivity contribution in [1.82, 2.24) is 9.97 Å². The number of methoxy groups -OCH3 is 2. The van der Waals surface area contributed by atoms with E-state index in [1.165, 1.54) is 19.3 Å². The second-order valence-electron chi connectivity index (χ2n) is 6.64. The fourth-order valence-electron chi connectivity index (χ4n) is 3.87. The molecular formula is C19H22ClN3O2. The molecule has 1 aliphatic heterocycles. The van der Waals surface area contributed by atoms with E-state index in [9.17, 15) is 0 Å². The average molecular weight is 360 g/mol. The molecule has 1 fully saturated rings. The molecule has 5 nitrogen and oxygen atoms in total. The zero-order valence-electron chi connectivity index (χ0n) is 14.8. The summed E-state index contributed by atoms with van der Waals surface area (Å²) in [5, 5.41) is 0.548. The highest BCUT2D eigenvalue weighted by Gasteiger charge is 2.33. The van der Waals surface area contributed by atoms with E-state index < -0.39 is 0 Å². The van der Waals surface area contributed by atoms with Gasteiger partial charge in [0.15, 0.2) is 11.5 Å². The van der Waals surface area contributed by atoms with Crippen LogP contribution in [0.3, 0.4) is 0 Å². The van der Waals surface area contributed by atoms with E-state index >= 15 is 0 Å². The predicted molar refractivity (Wildman–Crippen MR) is 99.2 cm³/mol. The van der Waals surface area contributed by atoms with Gasteiger partial charge in [-0.25, -0.2) is 9.97 Å². The Morgan fingerprint density at radius 3 is 2.40 bits per heavy atom. The van der Waals surface area contributed by atoms with Crippen molar-refractivity contribution in [3.05, 3.63) is 28.4 Å². The highest BCUT2D eigenvalue weighted by Crippen LogP contribution is 2.50. The van der Waals surface area contributed by atoms with Gasteiger partial charge in [0.1, 0.15) is 5.15 Å². The molecule has 1 aromatic carbocycles. The number of benzene rings is 1. The molecule has 0 radical (unpaired) electrons. The predicted octanol–water partition coefficient (Wildman–Crippen LogP) is 4.27. The molecular weight excluding hydrogens is 338 g/mol. The Balaban J connectivity index is 1.86. The molecule has 0 spiro atoms. The topological polar surface area (TPSA) is 47.5 Å². The van der Waals surface area contributed by atoms with Gasteiger partial charge in [-0.1, -0.05) is 18.5 Å². The first-order chi connectivity index (χ1) is 12.1. The van der Waals surface area contributed by atoms with Crippen LogP contribution in [0.15, 0.2) is 12.1 Å². The van der Waals surface area contributed by atoms with E-state index in [-0.39, 0.29) is 5.92 Å². The van der Waals surface area contributed by atoms with Crippen molar-refractivity contribution in [2.24, 2.45) is 0 Å². The van der Waals surface area contributed by atoms with Crippen molar-refractivity contribution >= 4 is 17.5 Å².